The van der Waals surface area contributed by atoms with Gasteiger partial charge in [-0.05, 0) is 56.3 Å². The van der Waals surface area contributed by atoms with Crippen molar-refractivity contribution in [3.05, 3.63) is 60.0 Å². The van der Waals surface area contributed by atoms with Crippen LogP contribution < -0.4 is 10.2 Å². The second-order valence-electron chi connectivity index (χ2n) is 8.05. The number of hydrogen-bond donors (Lipinski definition) is 1. The van der Waals surface area contributed by atoms with E-state index in [-0.39, 0.29) is 0 Å². The Morgan fingerprint density at radius 1 is 1.00 bits per heavy atom. The second kappa shape index (κ2) is 8.33. The summed E-state index contributed by atoms with van der Waals surface area (Å²) in [6.45, 7) is 2.15. The highest BCUT2D eigenvalue weighted by atomic mass is 16.5. The van der Waals surface area contributed by atoms with Gasteiger partial charge in [0.25, 0.3) is 5.89 Å². The summed E-state index contributed by atoms with van der Waals surface area (Å²) < 4.78 is 5.49. The number of nitrogens with zero attached hydrogens (tertiary/aromatic N) is 4. The molecule has 2 saturated heterocycles. The van der Waals surface area contributed by atoms with Gasteiger partial charge in [-0.3, -0.25) is 0 Å². The van der Waals surface area contributed by atoms with Crippen LogP contribution >= 0.6 is 0 Å². The largest absolute Gasteiger partial charge is 0.349 e. The predicted molar refractivity (Wildman–Crippen MR) is 113 cm³/mol. The van der Waals surface area contributed by atoms with Crippen LogP contribution in [0, 0.1) is 0 Å². The van der Waals surface area contributed by atoms with Crippen LogP contribution in [0.2, 0.25) is 0 Å². The summed E-state index contributed by atoms with van der Waals surface area (Å²) >= 11 is 0. The number of benzene rings is 1. The van der Waals surface area contributed by atoms with Gasteiger partial charge in [0.2, 0.25) is 0 Å². The number of hydrogen-bond acceptors (Lipinski definition) is 6. The van der Waals surface area contributed by atoms with Crippen molar-refractivity contribution in [1.29, 1.82) is 0 Å². The number of rotatable bonds is 6. The first-order chi connectivity index (χ1) is 14.4. The van der Waals surface area contributed by atoms with Crippen LogP contribution in [-0.4, -0.2) is 40.3 Å². The Balaban J connectivity index is 1.23. The van der Waals surface area contributed by atoms with Crippen molar-refractivity contribution >= 4 is 5.82 Å². The van der Waals surface area contributed by atoms with Crippen molar-refractivity contribution in [3.63, 3.8) is 0 Å². The van der Waals surface area contributed by atoms with Gasteiger partial charge in [-0.25, -0.2) is 4.98 Å². The first-order valence-electron chi connectivity index (χ1n) is 10.7. The zero-order valence-corrected chi connectivity index (χ0v) is 16.6. The van der Waals surface area contributed by atoms with E-state index in [9.17, 15) is 0 Å². The van der Waals surface area contributed by atoms with Crippen molar-refractivity contribution in [3.8, 4) is 11.5 Å². The van der Waals surface area contributed by atoms with E-state index in [0.717, 1.165) is 49.6 Å². The third kappa shape index (κ3) is 4.03. The summed E-state index contributed by atoms with van der Waals surface area (Å²) in [4.78, 5) is 11.8. The molecule has 1 aromatic carbocycles. The normalized spacial score (nSPS) is 21.3. The van der Waals surface area contributed by atoms with E-state index in [1.165, 1.54) is 24.8 Å². The molecule has 2 aliphatic heterocycles. The smallest absolute Gasteiger partial charge is 0.259 e. The van der Waals surface area contributed by atoms with E-state index in [0.29, 0.717) is 18.0 Å². The van der Waals surface area contributed by atoms with Gasteiger partial charge in [0.15, 0.2) is 5.82 Å². The summed E-state index contributed by atoms with van der Waals surface area (Å²) in [5.74, 6) is 2.38. The SMILES string of the molecule is c1ccc(CCCc2noc(-c3ccc(N4[C@@H]5CCNC[C@H]4CC5)nc3)n2)cc1. The standard InChI is InChI=1S/C23H27N5O/c1-2-5-17(6-3-1)7-4-8-21-26-23(29-27-21)18-9-12-22(25-15-18)28-19-10-11-20(28)16-24-14-13-19/h1-3,5-6,9,12,15,19-20,24H,4,7-8,10-11,13-14,16H2/t19-,20+/m0/s1. The molecule has 3 aromatic rings. The molecule has 2 fully saturated rings. The molecule has 6 nitrogen and oxygen atoms in total. The summed E-state index contributed by atoms with van der Waals surface area (Å²) in [6, 6.07) is 15.8. The fourth-order valence-electron chi connectivity index (χ4n) is 4.59. The maximum absolute atomic E-state index is 5.49. The molecule has 2 aromatic heterocycles. The monoisotopic (exact) mass is 389 g/mol. The number of pyridine rings is 1. The van der Waals surface area contributed by atoms with E-state index in [1.54, 1.807) is 0 Å². The fourth-order valence-corrected chi connectivity index (χ4v) is 4.59. The van der Waals surface area contributed by atoms with Gasteiger partial charge in [-0.15, -0.1) is 0 Å². The van der Waals surface area contributed by atoms with Crippen LogP contribution in [0.25, 0.3) is 11.5 Å². The van der Waals surface area contributed by atoms with Crippen molar-refractivity contribution in [2.75, 3.05) is 18.0 Å². The van der Waals surface area contributed by atoms with Crippen LogP contribution in [0.15, 0.2) is 53.2 Å². The minimum absolute atomic E-state index is 0.555. The minimum atomic E-state index is 0.555. The first kappa shape index (κ1) is 18.3. The molecule has 0 spiro atoms. The average molecular weight is 390 g/mol. The Bertz CT molecular complexity index is 910. The topological polar surface area (TPSA) is 67.1 Å². The Morgan fingerprint density at radius 3 is 2.76 bits per heavy atom. The fraction of sp³-hybridized carbons (Fsp3) is 0.435. The number of aromatic nitrogens is 3. The number of anilines is 1. The van der Waals surface area contributed by atoms with Crippen molar-refractivity contribution in [1.82, 2.24) is 20.4 Å². The molecule has 1 N–H and O–H groups in total. The Hall–Kier alpha value is -2.73. The van der Waals surface area contributed by atoms with Gasteiger partial charge in [-0.2, -0.15) is 4.98 Å². The molecule has 0 radical (unpaired) electrons. The molecule has 2 aliphatic rings. The van der Waals surface area contributed by atoms with Crippen molar-refractivity contribution in [2.24, 2.45) is 0 Å². The van der Waals surface area contributed by atoms with Gasteiger partial charge in [0, 0.05) is 31.2 Å². The van der Waals surface area contributed by atoms with Crippen LogP contribution in [0.3, 0.4) is 0 Å². The quantitative estimate of drug-likeness (QED) is 0.694. The maximum Gasteiger partial charge on any atom is 0.259 e. The van der Waals surface area contributed by atoms with Gasteiger partial charge in [0.05, 0.1) is 5.56 Å². The molecule has 5 rings (SSSR count). The van der Waals surface area contributed by atoms with Gasteiger partial charge >= 0.3 is 0 Å². The molecule has 2 atom stereocenters. The Labute approximate surface area is 171 Å². The molecule has 0 saturated carbocycles. The number of fused-ring (bicyclic) bond motifs is 2. The van der Waals surface area contributed by atoms with Crippen LogP contribution in [0.5, 0.6) is 0 Å². The highest BCUT2D eigenvalue weighted by Crippen LogP contribution is 2.32. The Kier molecular flexibility index (Phi) is 5.26. The zero-order valence-electron chi connectivity index (χ0n) is 16.6. The molecule has 0 aliphatic carbocycles. The Morgan fingerprint density at radius 2 is 1.90 bits per heavy atom. The summed E-state index contributed by atoms with van der Waals surface area (Å²) in [6.07, 6.45) is 8.42. The van der Waals surface area contributed by atoms with E-state index in [1.807, 2.05) is 12.3 Å². The molecular formula is C23H27N5O. The third-order valence-electron chi connectivity index (χ3n) is 6.09. The predicted octanol–water partition coefficient (Wildman–Crippen LogP) is 3.64. The number of nitrogens with one attached hydrogen (secondary N) is 1. The molecular weight excluding hydrogens is 362 g/mol. The molecule has 150 valence electrons. The lowest BCUT2D eigenvalue weighted by Gasteiger charge is -2.29. The van der Waals surface area contributed by atoms with E-state index in [2.05, 4.69) is 56.8 Å². The molecule has 6 heteroatoms. The van der Waals surface area contributed by atoms with E-state index in [4.69, 9.17) is 9.51 Å². The molecule has 0 unspecified atom stereocenters. The maximum atomic E-state index is 5.49. The highest BCUT2D eigenvalue weighted by molar-refractivity contribution is 5.55. The zero-order chi connectivity index (χ0) is 19.5. The molecule has 4 heterocycles. The van der Waals surface area contributed by atoms with Crippen molar-refractivity contribution < 1.29 is 4.52 Å². The van der Waals surface area contributed by atoms with E-state index >= 15 is 0 Å². The molecule has 0 amide bonds. The second-order valence-corrected chi connectivity index (χ2v) is 8.05. The lowest BCUT2D eigenvalue weighted by molar-refractivity contribution is 0.421. The van der Waals surface area contributed by atoms with Crippen LogP contribution in [-0.2, 0) is 12.8 Å². The lowest BCUT2D eigenvalue weighted by atomic mass is 10.1. The van der Waals surface area contributed by atoms with Gasteiger partial charge < -0.3 is 14.7 Å². The van der Waals surface area contributed by atoms with Gasteiger partial charge in [0.1, 0.15) is 5.82 Å². The van der Waals surface area contributed by atoms with Gasteiger partial charge in [-0.1, -0.05) is 35.5 Å². The lowest BCUT2D eigenvalue weighted by Crippen LogP contribution is -2.38. The number of aryl methyl sites for hydroxylation is 2. The summed E-state index contributed by atoms with van der Waals surface area (Å²) in [7, 11) is 0. The third-order valence-corrected chi connectivity index (χ3v) is 6.09. The summed E-state index contributed by atoms with van der Waals surface area (Å²) in [5, 5.41) is 7.69. The average Bonchev–Trinajstić information content (AvgIpc) is 3.32. The van der Waals surface area contributed by atoms with Crippen LogP contribution in [0.1, 0.15) is 37.1 Å². The minimum Gasteiger partial charge on any atom is -0.349 e. The summed E-state index contributed by atoms with van der Waals surface area (Å²) in [5.41, 5.74) is 2.23. The first-order valence-corrected chi connectivity index (χ1v) is 10.7. The van der Waals surface area contributed by atoms with Crippen molar-refractivity contribution in [2.45, 2.75) is 50.6 Å². The molecule has 29 heavy (non-hydrogen) atoms. The highest BCUT2D eigenvalue weighted by Gasteiger charge is 2.35. The molecule has 2 bridgehead atoms. The van der Waals surface area contributed by atoms with E-state index < -0.39 is 0 Å². The van der Waals surface area contributed by atoms with Crippen LogP contribution in [0.4, 0.5) is 5.82 Å².